The van der Waals surface area contributed by atoms with Crippen molar-refractivity contribution in [2.45, 2.75) is 40.8 Å². The van der Waals surface area contributed by atoms with Gasteiger partial charge in [0.15, 0.2) is 10.9 Å². The molecule has 34 heavy (non-hydrogen) atoms. The molecule has 4 rings (SSSR count). The van der Waals surface area contributed by atoms with Gasteiger partial charge in [-0.2, -0.15) is 10.2 Å². The quantitative estimate of drug-likeness (QED) is 0.320. The lowest BCUT2D eigenvalue weighted by Gasteiger charge is -2.10. The fourth-order valence-corrected chi connectivity index (χ4v) is 4.14. The summed E-state index contributed by atoms with van der Waals surface area (Å²) in [6.45, 7) is 9.10. The van der Waals surface area contributed by atoms with Gasteiger partial charge in [0.1, 0.15) is 5.82 Å². The van der Waals surface area contributed by atoms with E-state index in [0.717, 1.165) is 28.3 Å². The molecule has 0 saturated heterocycles. The van der Waals surface area contributed by atoms with Gasteiger partial charge in [0.2, 0.25) is 0 Å². The molecule has 2 aromatic carbocycles. The molecule has 2 N–H and O–H groups in total. The molecule has 6 nitrogen and oxygen atoms in total. The van der Waals surface area contributed by atoms with Gasteiger partial charge in [-0.1, -0.05) is 47.5 Å². The largest absolute Gasteiger partial charge is 0.329 e. The predicted molar refractivity (Wildman–Crippen MR) is 139 cm³/mol. The molecule has 0 atom stereocenters. The maximum Gasteiger partial charge on any atom is 0.176 e. The van der Waals surface area contributed by atoms with Crippen LogP contribution in [0.3, 0.4) is 0 Å². The van der Waals surface area contributed by atoms with Crippen molar-refractivity contribution in [3.8, 4) is 0 Å². The Morgan fingerprint density at radius 1 is 0.941 bits per heavy atom. The van der Waals surface area contributed by atoms with Gasteiger partial charge in [0, 0.05) is 16.8 Å². The summed E-state index contributed by atoms with van der Waals surface area (Å²) in [4.78, 5) is 0. The summed E-state index contributed by atoms with van der Waals surface area (Å²) in [6.07, 6.45) is 0. The van der Waals surface area contributed by atoms with Crippen LogP contribution in [0.2, 0.25) is 5.02 Å². The predicted octanol–water partition coefficient (Wildman–Crippen LogP) is 6.01. The van der Waals surface area contributed by atoms with Gasteiger partial charge >= 0.3 is 0 Å². The Morgan fingerprint density at radius 3 is 2.38 bits per heavy atom. The maximum absolute atomic E-state index is 13.3. The van der Waals surface area contributed by atoms with E-state index in [9.17, 15) is 4.39 Å². The molecule has 4 aromatic rings. The normalized spacial score (nSPS) is 11.0. The highest BCUT2D eigenvalue weighted by atomic mass is 35.5. The number of hydrogen-bond donors (Lipinski definition) is 2. The highest BCUT2D eigenvalue weighted by molar-refractivity contribution is 7.80. The molecule has 176 valence electrons. The zero-order valence-corrected chi connectivity index (χ0v) is 21.1. The summed E-state index contributed by atoms with van der Waals surface area (Å²) in [6, 6.07) is 14.7. The summed E-state index contributed by atoms with van der Waals surface area (Å²) in [5.74, 6) is 0.244. The molecule has 0 amide bonds. The SMILES string of the molecule is Cc1ccc(Cn2nc(C)c(NC(=S)Nc3cc(C)n(Cc4ccc(F)cc4Cl)n3)c2C)cc1. The lowest BCUT2D eigenvalue weighted by Crippen LogP contribution is -2.20. The van der Waals surface area contributed by atoms with Crippen LogP contribution in [0.1, 0.15) is 33.8 Å². The molecule has 2 aromatic heterocycles. The number of aryl methyl sites for hydroxylation is 3. The Hall–Kier alpha value is -3.23. The third-order valence-corrected chi connectivity index (χ3v) is 6.19. The molecular weight excluding hydrogens is 471 g/mol. The van der Waals surface area contributed by atoms with Gasteiger partial charge in [0.05, 0.1) is 30.2 Å². The van der Waals surface area contributed by atoms with E-state index in [1.807, 2.05) is 31.5 Å². The van der Waals surface area contributed by atoms with E-state index in [1.54, 1.807) is 10.7 Å². The Kier molecular flexibility index (Phi) is 7.00. The van der Waals surface area contributed by atoms with E-state index in [0.29, 0.717) is 29.0 Å². The third-order valence-electron chi connectivity index (χ3n) is 5.63. The number of benzene rings is 2. The minimum Gasteiger partial charge on any atom is -0.329 e. The second kappa shape index (κ2) is 9.95. The minimum atomic E-state index is -0.363. The van der Waals surface area contributed by atoms with E-state index in [-0.39, 0.29) is 5.82 Å². The van der Waals surface area contributed by atoms with Crippen molar-refractivity contribution >= 4 is 40.4 Å². The van der Waals surface area contributed by atoms with Gasteiger partial charge in [0.25, 0.3) is 0 Å². The molecule has 0 spiro atoms. The van der Waals surface area contributed by atoms with Crippen LogP contribution >= 0.6 is 23.8 Å². The molecule has 0 saturated carbocycles. The average molecular weight is 497 g/mol. The van der Waals surface area contributed by atoms with Crippen LogP contribution in [0, 0.1) is 33.5 Å². The fourth-order valence-electron chi connectivity index (χ4n) is 3.70. The zero-order chi connectivity index (χ0) is 24.4. The number of thiocarbonyl (C=S) groups is 1. The highest BCUT2D eigenvalue weighted by Gasteiger charge is 2.14. The first kappa shape index (κ1) is 23.9. The summed E-state index contributed by atoms with van der Waals surface area (Å²) < 4.78 is 17.1. The first-order valence-corrected chi connectivity index (χ1v) is 11.6. The summed E-state index contributed by atoms with van der Waals surface area (Å²) in [5, 5.41) is 16.4. The molecule has 0 aliphatic heterocycles. The molecule has 9 heteroatoms. The second-order valence-electron chi connectivity index (χ2n) is 8.33. The highest BCUT2D eigenvalue weighted by Crippen LogP contribution is 2.22. The van der Waals surface area contributed by atoms with Crippen molar-refractivity contribution < 1.29 is 4.39 Å². The smallest absolute Gasteiger partial charge is 0.176 e. The molecule has 0 fully saturated rings. The second-order valence-corrected chi connectivity index (χ2v) is 9.15. The van der Waals surface area contributed by atoms with Crippen molar-refractivity contribution in [3.63, 3.8) is 0 Å². The van der Waals surface area contributed by atoms with Gasteiger partial charge in [-0.25, -0.2) is 4.39 Å². The van der Waals surface area contributed by atoms with Gasteiger partial charge < -0.3 is 10.6 Å². The summed E-state index contributed by atoms with van der Waals surface area (Å²) in [5.41, 5.74) is 6.85. The number of anilines is 2. The first-order valence-electron chi connectivity index (χ1n) is 10.9. The standard InChI is InChI=1S/C25H26ClFN6S/c1-15-5-7-19(8-6-15)13-33-18(4)24(17(3)30-33)29-25(34)28-23-11-16(2)32(31-23)14-20-9-10-21(27)12-22(20)26/h5-12H,13-14H2,1-4H3,(H2,28,29,31,34). The van der Waals surface area contributed by atoms with E-state index >= 15 is 0 Å². The van der Waals surface area contributed by atoms with Crippen LogP contribution < -0.4 is 10.6 Å². The Morgan fingerprint density at radius 2 is 1.68 bits per heavy atom. The van der Waals surface area contributed by atoms with Crippen LogP contribution in [0.15, 0.2) is 48.5 Å². The maximum atomic E-state index is 13.3. The Labute approximate surface area is 208 Å². The van der Waals surface area contributed by atoms with Crippen LogP contribution in [0.4, 0.5) is 15.9 Å². The molecule has 0 aliphatic rings. The van der Waals surface area contributed by atoms with Crippen molar-refractivity contribution in [2.75, 3.05) is 10.6 Å². The number of nitrogens with zero attached hydrogens (tertiary/aromatic N) is 4. The van der Waals surface area contributed by atoms with Gasteiger partial charge in [-0.15, -0.1) is 0 Å². The van der Waals surface area contributed by atoms with Crippen molar-refractivity contribution in [1.29, 1.82) is 0 Å². The monoisotopic (exact) mass is 496 g/mol. The Bertz CT molecular complexity index is 1340. The summed E-state index contributed by atoms with van der Waals surface area (Å²) >= 11 is 11.7. The van der Waals surface area contributed by atoms with Gasteiger partial charge in [-0.05, 0) is 63.2 Å². The van der Waals surface area contributed by atoms with E-state index in [4.69, 9.17) is 23.8 Å². The van der Waals surface area contributed by atoms with Crippen LogP contribution in [0.25, 0.3) is 0 Å². The van der Waals surface area contributed by atoms with Crippen molar-refractivity contribution in [2.24, 2.45) is 0 Å². The number of aromatic nitrogens is 4. The van der Waals surface area contributed by atoms with Crippen LogP contribution in [0.5, 0.6) is 0 Å². The molecule has 0 radical (unpaired) electrons. The van der Waals surface area contributed by atoms with E-state index in [1.165, 1.54) is 23.3 Å². The molecular formula is C25H26ClFN6S. The van der Waals surface area contributed by atoms with Crippen LogP contribution in [-0.2, 0) is 13.1 Å². The number of nitrogens with one attached hydrogen (secondary N) is 2. The summed E-state index contributed by atoms with van der Waals surface area (Å²) in [7, 11) is 0. The number of hydrogen-bond acceptors (Lipinski definition) is 3. The van der Waals surface area contributed by atoms with E-state index < -0.39 is 0 Å². The average Bonchev–Trinajstić information content (AvgIpc) is 3.24. The number of rotatable bonds is 6. The minimum absolute atomic E-state index is 0.363. The lowest BCUT2D eigenvalue weighted by atomic mass is 10.1. The fraction of sp³-hybridized carbons (Fsp3) is 0.240. The molecule has 0 aliphatic carbocycles. The Balaban J connectivity index is 1.43. The van der Waals surface area contributed by atoms with Crippen molar-refractivity contribution in [1.82, 2.24) is 19.6 Å². The van der Waals surface area contributed by atoms with Crippen molar-refractivity contribution in [3.05, 3.63) is 93.1 Å². The topological polar surface area (TPSA) is 59.7 Å². The molecule has 2 heterocycles. The first-order chi connectivity index (χ1) is 16.2. The van der Waals surface area contributed by atoms with E-state index in [2.05, 4.69) is 52.0 Å². The van der Waals surface area contributed by atoms with Crippen LogP contribution in [-0.4, -0.2) is 24.7 Å². The third kappa shape index (κ3) is 5.46. The lowest BCUT2D eigenvalue weighted by molar-refractivity contribution is 0.623. The molecule has 0 unspecified atom stereocenters. The van der Waals surface area contributed by atoms with Gasteiger partial charge in [-0.3, -0.25) is 9.36 Å². The zero-order valence-electron chi connectivity index (χ0n) is 19.5. The molecule has 0 bridgehead atoms. The number of halogens is 2.